The van der Waals surface area contributed by atoms with E-state index in [4.69, 9.17) is 18.9 Å². The summed E-state index contributed by atoms with van der Waals surface area (Å²) < 4.78 is 21.2. The number of hydrogen-bond donors (Lipinski definition) is 0. The normalized spacial score (nSPS) is 22.4. The zero-order chi connectivity index (χ0) is 26.6. The van der Waals surface area contributed by atoms with Gasteiger partial charge in [-0.05, 0) is 25.7 Å². The van der Waals surface area contributed by atoms with Crippen LogP contribution in [0.2, 0.25) is 0 Å². The van der Waals surface area contributed by atoms with Gasteiger partial charge < -0.3 is 18.9 Å². The predicted molar refractivity (Wildman–Crippen MR) is 138 cm³/mol. The SMILES string of the molecule is O=C1CC(=O)OCCCCCCCCOC(=O)C(C2C=CC=CC=C2)C(=O)OCCCCCCCCO1. The van der Waals surface area contributed by atoms with E-state index in [9.17, 15) is 19.2 Å². The molecule has 0 bridgehead atoms. The molecule has 1 aliphatic heterocycles. The maximum atomic E-state index is 12.9. The Hall–Kier alpha value is -2.90. The lowest BCUT2D eigenvalue weighted by atomic mass is 9.91. The molecule has 8 nitrogen and oxygen atoms in total. The molecule has 0 spiro atoms. The third-order valence-corrected chi connectivity index (χ3v) is 6.27. The highest BCUT2D eigenvalue weighted by Crippen LogP contribution is 2.22. The summed E-state index contributed by atoms with van der Waals surface area (Å²) in [5, 5.41) is 0. The number of esters is 4. The molecule has 0 saturated carbocycles. The first-order valence-electron chi connectivity index (χ1n) is 13.7. The van der Waals surface area contributed by atoms with E-state index >= 15 is 0 Å². The third-order valence-electron chi connectivity index (χ3n) is 6.27. The number of carbonyl (C=O) groups excluding carboxylic acids is 4. The summed E-state index contributed by atoms with van der Waals surface area (Å²) in [4.78, 5) is 49.2. The first kappa shape index (κ1) is 30.3. The number of hydrogen-bond acceptors (Lipinski definition) is 8. The average Bonchev–Trinajstić information content (AvgIpc) is 3.15. The van der Waals surface area contributed by atoms with E-state index in [0.717, 1.165) is 64.2 Å². The lowest BCUT2D eigenvalue weighted by Gasteiger charge is -2.19. The number of cyclic esters (lactones) is 4. The van der Waals surface area contributed by atoms with Gasteiger partial charge in [0.1, 0.15) is 6.42 Å². The van der Waals surface area contributed by atoms with Gasteiger partial charge in [-0.2, -0.15) is 0 Å². The van der Waals surface area contributed by atoms with Crippen molar-refractivity contribution in [2.24, 2.45) is 11.8 Å². The molecule has 206 valence electrons. The molecule has 0 radical (unpaired) electrons. The molecule has 1 aliphatic carbocycles. The maximum absolute atomic E-state index is 12.9. The molecule has 1 fully saturated rings. The molecule has 0 N–H and O–H groups in total. The molecule has 1 heterocycles. The third kappa shape index (κ3) is 13.8. The van der Waals surface area contributed by atoms with Crippen LogP contribution in [0.15, 0.2) is 36.5 Å². The Kier molecular flexibility index (Phi) is 15.8. The molecule has 0 aromatic heterocycles. The van der Waals surface area contributed by atoms with Gasteiger partial charge in [-0.3, -0.25) is 19.2 Å². The van der Waals surface area contributed by atoms with Crippen molar-refractivity contribution in [3.63, 3.8) is 0 Å². The van der Waals surface area contributed by atoms with Gasteiger partial charge in [-0.15, -0.1) is 0 Å². The standard InChI is InChI=1S/C29H42O8/c30-25-23-26(31)35-20-14-8-2-4-10-16-22-37-29(33)27(24-17-11-5-6-12-18-24)28(32)36-21-15-9-3-1-7-13-19-34-25/h5-6,11-12,17-18,24,27H,1-4,7-10,13-16,19-23H2. The Morgan fingerprint density at radius 2 is 0.811 bits per heavy atom. The van der Waals surface area contributed by atoms with Gasteiger partial charge >= 0.3 is 23.9 Å². The Morgan fingerprint density at radius 3 is 1.22 bits per heavy atom. The van der Waals surface area contributed by atoms with Crippen molar-refractivity contribution in [1.82, 2.24) is 0 Å². The Bertz CT molecular complexity index is 736. The summed E-state index contributed by atoms with van der Waals surface area (Å²) in [5.41, 5.74) is 0. The van der Waals surface area contributed by atoms with Crippen LogP contribution in [-0.2, 0) is 38.1 Å². The van der Waals surface area contributed by atoms with Crippen LogP contribution in [0.1, 0.15) is 83.5 Å². The molecule has 1 saturated heterocycles. The summed E-state index contributed by atoms with van der Waals surface area (Å²) in [6.45, 7) is 1.10. The monoisotopic (exact) mass is 518 g/mol. The first-order chi connectivity index (χ1) is 18.1. The quantitative estimate of drug-likeness (QED) is 0.266. The molecular weight excluding hydrogens is 476 g/mol. The second-order valence-corrected chi connectivity index (χ2v) is 9.41. The van der Waals surface area contributed by atoms with E-state index < -0.39 is 35.7 Å². The van der Waals surface area contributed by atoms with Gasteiger partial charge in [0.15, 0.2) is 5.92 Å². The molecule has 0 atom stereocenters. The second-order valence-electron chi connectivity index (χ2n) is 9.41. The van der Waals surface area contributed by atoms with Crippen molar-refractivity contribution < 1.29 is 38.1 Å². The van der Waals surface area contributed by atoms with Gasteiger partial charge in [0, 0.05) is 5.92 Å². The van der Waals surface area contributed by atoms with Gasteiger partial charge in [0.05, 0.1) is 26.4 Å². The fraction of sp³-hybridized carbons (Fsp3) is 0.655. The van der Waals surface area contributed by atoms with Crippen LogP contribution in [0.4, 0.5) is 0 Å². The highest BCUT2D eigenvalue weighted by molar-refractivity contribution is 5.96. The molecule has 2 rings (SSSR count). The van der Waals surface area contributed by atoms with Gasteiger partial charge in [-0.25, -0.2) is 0 Å². The van der Waals surface area contributed by atoms with Crippen LogP contribution in [-0.4, -0.2) is 50.3 Å². The highest BCUT2D eigenvalue weighted by Gasteiger charge is 2.35. The van der Waals surface area contributed by atoms with Crippen molar-refractivity contribution in [2.75, 3.05) is 26.4 Å². The zero-order valence-corrected chi connectivity index (χ0v) is 21.9. The number of rotatable bonds is 1. The topological polar surface area (TPSA) is 105 Å². The maximum Gasteiger partial charge on any atom is 0.321 e. The molecule has 0 aromatic rings. The smallest absolute Gasteiger partial charge is 0.321 e. The summed E-state index contributed by atoms with van der Waals surface area (Å²) in [7, 11) is 0. The van der Waals surface area contributed by atoms with E-state index in [1.54, 1.807) is 0 Å². The molecule has 0 amide bonds. The van der Waals surface area contributed by atoms with E-state index in [1.165, 1.54) is 0 Å². The summed E-state index contributed by atoms with van der Waals surface area (Å²) in [5.74, 6) is -3.61. The van der Waals surface area contributed by atoms with Crippen molar-refractivity contribution in [3.05, 3.63) is 36.5 Å². The predicted octanol–water partition coefficient (Wildman–Crippen LogP) is 5.16. The van der Waals surface area contributed by atoms with Crippen molar-refractivity contribution in [3.8, 4) is 0 Å². The van der Waals surface area contributed by atoms with Crippen LogP contribution in [0.5, 0.6) is 0 Å². The number of allylic oxidation sites excluding steroid dienone is 6. The summed E-state index contributed by atoms with van der Waals surface area (Å²) in [6, 6.07) is 0. The number of carbonyl (C=O) groups is 4. The lowest BCUT2D eigenvalue weighted by Crippen LogP contribution is -2.33. The number of ether oxygens (including phenoxy) is 4. The molecule has 2 aliphatic rings. The van der Waals surface area contributed by atoms with E-state index in [1.807, 2.05) is 36.5 Å². The largest absolute Gasteiger partial charge is 0.465 e. The van der Waals surface area contributed by atoms with Crippen LogP contribution in [0, 0.1) is 11.8 Å². The Morgan fingerprint density at radius 1 is 0.459 bits per heavy atom. The van der Waals surface area contributed by atoms with Crippen LogP contribution >= 0.6 is 0 Å². The lowest BCUT2D eigenvalue weighted by molar-refractivity contribution is -0.164. The minimum atomic E-state index is -1.02. The van der Waals surface area contributed by atoms with Gasteiger partial charge in [0.25, 0.3) is 0 Å². The molecule has 0 unspecified atom stereocenters. The van der Waals surface area contributed by atoms with Crippen LogP contribution in [0.25, 0.3) is 0 Å². The minimum Gasteiger partial charge on any atom is -0.465 e. The summed E-state index contributed by atoms with van der Waals surface area (Å²) >= 11 is 0. The molecule has 0 aromatic carbocycles. The second kappa shape index (κ2) is 19.2. The van der Waals surface area contributed by atoms with Crippen molar-refractivity contribution in [1.29, 1.82) is 0 Å². The Labute approximate surface area is 220 Å². The molecular formula is C29H42O8. The molecule has 8 heteroatoms. The fourth-order valence-corrected chi connectivity index (χ4v) is 4.15. The van der Waals surface area contributed by atoms with Gasteiger partial charge in [-0.1, -0.05) is 87.8 Å². The van der Waals surface area contributed by atoms with Gasteiger partial charge in [0.2, 0.25) is 0 Å². The summed E-state index contributed by atoms with van der Waals surface area (Å²) in [6.07, 6.45) is 21.0. The van der Waals surface area contributed by atoms with Crippen molar-refractivity contribution in [2.45, 2.75) is 83.5 Å². The first-order valence-corrected chi connectivity index (χ1v) is 13.7. The highest BCUT2D eigenvalue weighted by atomic mass is 16.6. The van der Waals surface area contributed by atoms with Crippen molar-refractivity contribution >= 4 is 23.9 Å². The minimum absolute atomic E-state index is 0.259. The van der Waals surface area contributed by atoms with E-state index in [-0.39, 0.29) is 19.6 Å². The van der Waals surface area contributed by atoms with Crippen LogP contribution in [0.3, 0.4) is 0 Å². The average molecular weight is 519 g/mol. The Balaban J connectivity index is 1.85. The van der Waals surface area contributed by atoms with E-state index in [0.29, 0.717) is 26.1 Å². The van der Waals surface area contributed by atoms with E-state index in [2.05, 4.69) is 0 Å². The fourth-order valence-electron chi connectivity index (χ4n) is 4.15. The van der Waals surface area contributed by atoms with Crippen LogP contribution < -0.4 is 0 Å². The molecule has 37 heavy (non-hydrogen) atoms. The zero-order valence-electron chi connectivity index (χ0n) is 21.9.